The third-order valence-corrected chi connectivity index (χ3v) is 0.825. The van der Waals surface area contributed by atoms with E-state index in [0.29, 0.717) is 5.57 Å². The molecule has 0 aliphatic carbocycles. The fourth-order valence-corrected chi connectivity index (χ4v) is 0.427. The van der Waals surface area contributed by atoms with E-state index in [0.717, 1.165) is 0 Å². The van der Waals surface area contributed by atoms with Gasteiger partial charge in [-0.2, -0.15) is 5.48 Å². The van der Waals surface area contributed by atoms with Crippen LogP contribution in [0.4, 0.5) is 0 Å². The summed E-state index contributed by atoms with van der Waals surface area (Å²) in [5.74, 6) is -0.458. The molecule has 0 unspecified atom stereocenters. The molecule has 0 saturated heterocycles. The maximum absolute atomic E-state index is 10.7. The molecule has 0 rings (SSSR count). The van der Waals surface area contributed by atoms with Crippen molar-refractivity contribution in [1.82, 2.24) is 5.48 Å². The third-order valence-electron chi connectivity index (χ3n) is 0.825. The van der Waals surface area contributed by atoms with Crippen molar-refractivity contribution in [2.24, 2.45) is 0 Å². The highest BCUT2D eigenvalue weighted by Gasteiger charge is 2.01. The van der Waals surface area contributed by atoms with Crippen LogP contribution in [0.2, 0.25) is 0 Å². The summed E-state index contributed by atoms with van der Waals surface area (Å²) in [6, 6.07) is 0. The van der Waals surface area contributed by atoms with Crippen molar-refractivity contribution >= 4 is 5.97 Å². The fraction of sp³-hybridized carbons (Fsp3) is 0.286. The fourth-order valence-electron chi connectivity index (χ4n) is 0.427. The predicted molar refractivity (Wildman–Crippen MR) is 39.1 cm³/mol. The first-order chi connectivity index (χ1) is 4.72. The molecule has 0 heterocycles. The van der Waals surface area contributed by atoms with Gasteiger partial charge in [0.05, 0.1) is 5.57 Å². The van der Waals surface area contributed by atoms with Gasteiger partial charge in [-0.15, -0.1) is 0 Å². The van der Waals surface area contributed by atoms with Crippen LogP contribution in [0.15, 0.2) is 24.3 Å². The summed E-state index contributed by atoms with van der Waals surface area (Å²) in [6.07, 6.45) is 3.30. The molecule has 0 amide bonds. The van der Waals surface area contributed by atoms with Gasteiger partial charge in [-0.25, -0.2) is 4.79 Å². The lowest BCUT2D eigenvalue weighted by atomic mass is 10.3. The smallest absolute Gasteiger partial charge is 0.356 e. The molecule has 0 aliphatic heterocycles. The van der Waals surface area contributed by atoms with E-state index in [1.807, 2.05) is 0 Å². The monoisotopic (exact) mass is 141 g/mol. The standard InChI is InChI=1S/C7H11NO2/c1-4-5-6(2)7(9)10-8-3/h4-5,8H,2H2,1,3H3/b5-4-. The van der Waals surface area contributed by atoms with Gasteiger partial charge in [0.15, 0.2) is 0 Å². The Kier molecular flexibility index (Phi) is 4.24. The molecule has 0 fully saturated rings. The zero-order chi connectivity index (χ0) is 7.98. The maximum Gasteiger partial charge on any atom is 0.356 e. The van der Waals surface area contributed by atoms with Crippen LogP contribution in [-0.2, 0) is 9.63 Å². The first kappa shape index (κ1) is 8.91. The van der Waals surface area contributed by atoms with Crippen molar-refractivity contribution < 1.29 is 9.63 Å². The zero-order valence-electron chi connectivity index (χ0n) is 6.18. The highest BCUT2D eigenvalue weighted by molar-refractivity contribution is 5.90. The Balaban J connectivity index is 3.83. The Hall–Kier alpha value is -1.09. The number of hydroxylamine groups is 1. The van der Waals surface area contributed by atoms with Crippen LogP contribution in [0.3, 0.4) is 0 Å². The van der Waals surface area contributed by atoms with Gasteiger partial charge >= 0.3 is 5.97 Å². The second-order valence-corrected chi connectivity index (χ2v) is 1.62. The summed E-state index contributed by atoms with van der Waals surface area (Å²) in [5, 5.41) is 0. The van der Waals surface area contributed by atoms with Gasteiger partial charge in [-0.05, 0) is 6.92 Å². The lowest BCUT2D eigenvalue weighted by Gasteiger charge is -1.98. The van der Waals surface area contributed by atoms with Crippen LogP contribution < -0.4 is 5.48 Å². The van der Waals surface area contributed by atoms with E-state index in [1.54, 1.807) is 19.1 Å². The van der Waals surface area contributed by atoms with E-state index in [1.165, 1.54) is 7.05 Å². The molecule has 0 bridgehead atoms. The molecule has 1 N–H and O–H groups in total. The number of hydrogen-bond acceptors (Lipinski definition) is 3. The van der Waals surface area contributed by atoms with Crippen molar-refractivity contribution in [3.05, 3.63) is 24.3 Å². The van der Waals surface area contributed by atoms with Crippen molar-refractivity contribution in [2.75, 3.05) is 7.05 Å². The van der Waals surface area contributed by atoms with Crippen LogP contribution in [0.25, 0.3) is 0 Å². The number of rotatable bonds is 3. The molecule has 0 radical (unpaired) electrons. The highest BCUT2D eigenvalue weighted by atomic mass is 16.7. The summed E-state index contributed by atoms with van der Waals surface area (Å²) in [6.45, 7) is 5.27. The second kappa shape index (κ2) is 4.76. The molecule has 0 saturated carbocycles. The Morgan fingerprint density at radius 2 is 2.30 bits per heavy atom. The van der Waals surface area contributed by atoms with E-state index in [2.05, 4.69) is 16.9 Å². The van der Waals surface area contributed by atoms with Crippen molar-refractivity contribution in [3.8, 4) is 0 Å². The lowest BCUT2D eigenvalue weighted by Crippen LogP contribution is -2.15. The van der Waals surface area contributed by atoms with Crippen LogP contribution in [0.5, 0.6) is 0 Å². The summed E-state index contributed by atoms with van der Waals surface area (Å²) in [5.41, 5.74) is 2.59. The topological polar surface area (TPSA) is 38.3 Å². The third kappa shape index (κ3) is 3.04. The zero-order valence-corrected chi connectivity index (χ0v) is 6.18. The normalized spacial score (nSPS) is 9.80. The minimum absolute atomic E-state index is 0.330. The van der Waals surface area contributed by atoms with Crippen LogP contribution in [0, 0.1) is 0 Å². The lowest BCUT2D eigenvalue weighted by molar-refractivity contribution is -0.144. The van der Waals surface area contributed by atoms with Crippen LogP contribution in [0.1, 0.15) is 6.92 Å². The summed E-state index contributed by atoms with van der Waals surface area (Å²) < 4.78 is 0. The minimum atomic E-state index is -0.458. The minimum Gasteiger partial charge on any atom is -0.367 e. The van der Waals surface area contributed by atoms with Crippen molar-refractivity contribution in [2.45, 2.75) is 6.92 Å². The van der Waals surface area contributed by atoms with E-state index >= 15 is 0 Å². The van der Waals surface area contributed by atoms with E-state index in [4.69, 9.17) is 0 Å². The number of carbonyl (C=O) groups is 1. The molecule has 0 aromatic heterocycles. The van der Waals surface area contributed by atoms with E-state index < -0.39 is 5.97 Å². The predicted octanol–water partition coefficient (Wildman–Crippen LogP) is 0.796. The molecule has 0 spiro atoms. The number of hydrogen-bond donors (Lipinski definition) is 1. The highest BCUT2D eigenvalue weighted by Crippen LogP contribution is 1.93. The van der Waals surface area contributed by atoms with Gasteiger partial charge in [-0.3, -0.25) is 0 Å². The van der Waals surface area contributed by atoms with Crippen molar-refractivity contribution in [3.63, 3.8) is 0 Å². The summed E-state index contributed by atoms with van der Waals surface area (Å²) >= 11 is 0. The molecule has 0 aliphatic rings. The molecule has 0 aromatic carbocycles. The first-order valence-electron chi connectivity index (χ1n) is 2.92. The molecule has 0 aromatic rings. The molecular formula is C7H11NO2. The van der Waals surface area contributed by atoms with Gasteiger partial charge in [0.1, 0.15) is 0 Å². The maximum atomic E-state index is 10.7. The number of allylic oxidation sites excluding steroid dienone is 1. The summed E-state index contributed by atoms with van der Waals surface area (Å²) in [7, 11) is 1.51. The van der Waals surface area contributed by atoms with E-state index in [-0.39, 0.29) is 0 Å². The average Bonchev–Trinajstić information content (AvgIpc) is 1.89. The van der Waals surface area contributed by atoms with E-state index in [9.17, 15) is 4.79 Å². The number of nitrogens with one attached hydrogen (secondary N) is 1. The molecule has 3 nitrogen and oxygen atoms in total. The van der Waals surface area contributed by atoms with Crippen molar-refractivity contribution in [1.29, 1.82) is 0 Å². The Morgan fingerprint density at radius 3 is 2.70 bits per heavy atom. The molecule has 10 heavy (non-hydrogen) atoms. The van der Waals surface area contributed by atoms with Gasteiger partial charge in [-0.1, -0.05) is 18.7 Å². The quantitative estimate of drug-likeness (QED) is 0.359. The Labute approximate surface area is 60.3 Å². The van der Waals surface area contributed by atoms with Gasteiger partial charge in [0.25, 0.3) is 0 Å². The molecule has 56 valence electrons. The van der Waals surface area contributed by atoms with Gasteiger partial charge < -0.3 is 4.84 Å². The molecular weight excluding hydrogens is 130 g/mol. The Morgan fingerprint density at radius 1 is 1.70 bits per heavy atom. The Bertz CT molecular complexity index is 161. The second-order valence-electron chi connectivity index (χ2n) is 1.62. The molecule has 0 atom stereocenters. The number of carbonyl (C=O) groups excluding carboxylic acids is 1. The SMILES string of the molecule is C=C(/C=C\C)C(=O)ONC. The van der Waals surface area contributed by atoms with Gasteiger partial charge in [0.2, 0.25) is 0 Å². The van der Waals surface area contributed by atoms with Crippen LogP contribution in [-0.4, -0.2) is 13.0 Å². The first-order valence-corrected chi connectivity index (χ1v) is 2.92. The summed E-state index contributed by atoms with van der Waals surface area (Å²) in [4.78, 5) is 15.1. The molecule has 3 heteroatoms. The average molecular weight is 141 g/mol. The van der Waals surface area contributed by atoms with Crippen LogP contribution >= 0.6 is 0 Å². The largest absolute Gasteiger partial charge is 0.367 e. The van der Waals surface area contributed by atoms with Gasteiger partial charge in [0, 0.05) is 7.05 Å².